The van der Waals surface area contributed by atoms with Crippen LogP contribution in [0.15, 0.2) is 18.2 Å². The summed E-state index contributed by atoms with van der Waals surface area (Å²) in [6.07, 6.45) is 9.09. The highest BCUT2D eigenvalue weighted by atomic mass is 32.1. The van der Waals surface area contributed by atoms with Crippen molar-refractivity contribution >= 4 is 23.0 Å². The van der Waals surface area contributed by atoms with Gasteiger partial charge in [-0.25, -0.2) is 0 Å². The predicted octanol–water partition coefficient (Wildman–Crippen LogP) is 3.86. The Bertz CT molecular complexity index is 513. The summed E-state index contributed by atoms with van der Waals surface area (Å²) in [6, 6.07) is 6.34. The molecule has 1 aromatic rings. The van der Waals surface area contributed by atoms with Crippen LogP contribution in [-0.2, 0) is 0 Å². The summed E-state index contributed by atoms with van der Waals surface area (Å²) in [5.74, 6) is 1.58. The number of anilines is 1. The first kappa shape index (κ1) is 15.4. The zero-order valence-corrected chi connectivity index (χ0v) is 13.7. The molecule has 0 aromatic heterocycles. The van der Waals surface area contributed by atoms with Gasteiger partial charge in [0.05, 0.1) is 0 Å². The zero-order chi connectivity index (χ0) is 15.2. The number of hydrogen-bond donors (Lipinski definition) is 2. The van der Waals surface area contributed by atoms with Gasteiger partial charge in [0.15, 0.2) is 16.6 Å². The minimum Gasteiger partial charge on any atom is -0.486 e. The summed E-state index contributed by atoms with van der Waals surface area (Å²) in [5, 5.41) is 7.42. The lowest BCUT2D eigenvalue weighted by Crippen LogP contribution is -2.38. The van der Waals surface area contributed by atoms with Gasteiger partial charge >= 0.3 is 0 Å². The number of benzene rings is 1. The smallest absolute Gasteiger partial charge is 0.170 e. The van der Waals surface area contributed by atoms with E-state index in [1.54, 1.807) is 0 Å². The fourth-order valence-electron chi connectivity index (χ4n) is 3.07. The van der Waals surface area contributed by atoms with Gasteiger partial charge in [-0.05, 0) is 37.2 Å². The summed E-state index contributed by atoms with van der Waals surface area (Å²) >= 11 is 5.46. The topological polar surface area (TPSA) is 42.5 Å². The van der Waals surface area contributed by atoms with Gasteiger partial charge in [0, 0.05) is 17.8 Å². The Hall–Kier alpha value is -1.49. The van der Waals surface area contributed by atoms with E-state index in [-0.39, 0.29) is 0 Å². The molecular weight excluding hydrogens is 296 g/mol. The second kappa shape index (κ2) is 7.68. The molecule has 3 rings (SSSR count). The van der Waals surface area contributed by atoms with E-state index in [9.17, 15) is 0 Å². The molecule has 1 aliphatic heterocycles. The van der Waals surface area contributed by atoms with Crippen LogP contribution in [0.5, 0.6) is 11.5 Å². The lowest BCUT2D eigenvalue weighted by Gasteiger charge is -2.23. The Morgan fingerprint density at radius 1 is 0.955 bits per heavy atom. The molecule has 22 heavy (non-hydrogen) atoms. The van der Waals surface area contributed by atoms with Crippen molar-refractivity contribution < 1.29 is 9.47 Å². The molecule has 1 aromatic carbocycles. The van der Waals surface area contributed by atoms with Crippen LogP contribution < -0.4 is 20.1 Å². The molecule has 0 amide bonds. The van der Waals surface area contributed by atoms with Gasteiger partial charge in [-0.3, -0.25) is 0 Å². The van der Waals surface area contributed by atoms with Crippen LogP contribution in [0, 0.1) is 0 Å². The summed E-state index contributed by atoms with van der Waals surface area (Å²) in [6.45, 7) is 1.21. The number of thiocarbonyl (C=S) groups is 1. The van der Waals surface area contributed by atoms with Crippen molar-refractivity contribution in [2.45, 2.75) is 51.0 Å². The second-order valence-corrected chi connectivity index (χ2v) is 6.41. The van der Waals surface area contributed by atoms with Gasteiger partial charge in [-0.2, -0.15) is 0 Å². The fourth-order valence-corrected chi connectivity index (χ4v) is 3.36. The van der Waals surface area contributed by atoms with Gasteiger partial charge in [-0.15, -0.1) is 0 Å². The van der Waals surface area contributed by atoms with Gasteiger partial charge in [-0.1, -0.05) is 32.1 Å². The Balaban J connectivity index is 1.54. The molecule has 2 aliphatic rings. The monoisotopic (exact) mass is 320 g/mol. The molecule has 5 heteroatoms. The molecule has 0 bridgehead atoms. The number of fused-ring (bicyclic) bond motifs is 1. The Morgan fingerprint density at radius 3 is 2.41 bits per heavy atom. The standard InChI is InChI=1S/C17H24N2O2S/c22-17(18-13-6-4-2-1-3-5-7-13)19-14-8-9-15-16(12-14)21-11-10-20-15/h8-9,12-13H,1-7,10-11H2,(H2,18,19,22). The third-order valence-corrected chi connectivity index (χ3v) is 4.46. The average molecular weight is 320 g/mol. The van der Waals surface area contributed by atoms with Crippen LogP contribution in [0.3, 0.4) is 0 Å². The third kappa shape index (κ3) is 4.26. The van der Waals surface area contributed by atoms with E-state index in [0.29, 0.717) is 24.4 Å². The van der Waals surface area contributed by atoms with Crippen molar-refractivity contribution in [2.75, 3.05) is 18.5 Å². The maximum absolute atomic E-state index is 5.60. The van der Waals surface area contributed by atoms with Gasteiger partial charge < -0.3 is 20.1 Å². The normalized spacial score (nSPS) is 18.9. The maximum Gasteiger partial charge on any atom is 0.170 e. The largest absolute Gasteiger partial charge is 0.486 e. The van der Waals surface area contributed by atoms with Crippen molar-refractivity contribution in [3.05, 3.63) is 18.2 Å². The van der Waals surface area contributed by atoms with Crippen molar-refractivity contribution in [2.24, 2.45) is 0 Å². The number of rotatable bonds is 2. The molecule has 0 atom stereocenters. The van der Waals surface area contributed by atoms with Crippen LogP contribution in [-0.4, -0.2) is 24.4 Å². The third-order valence-electron chi connectivity index (χ3n) is 4.24. The molecule has 0 saturated heterocycles. The highest BCUT2D eigenvalue weighted by molar-refractivity contribution is 7.80. The molecule has 120 valence electrons. The molecule has 1 fully saturated rings. The SMILES string of the molecule is S=C(Nc1ccc2c(c1)OCCO2)NC1CCCCCCC1. The number of hydrogen-bond acceptors (Lipinski definition) is 3. The van der Waals surface area contributed by atoms with Crippen LogP contribution in [0.1, 0.15) is 44.9 Å². The number of ether oxygens (including phenoxy) is 2. The summed E-state index contributed by atoms with van der Waals surface area (Å²) in [7, 11) is 0. The summed E-state index contributed by atoms with van der Waals surface area (Å²) in [5.41, 5.74) is 0.938. The number of nitrogens with one attached hydrogen (secondary N) is 2. The Labute approximate surface area is 137 Å². The predicted molar refractivity (Wildman–Crippen MR) is 92.9 cm³/mol. The summed E-state index contributed by atoms with van der Waals surface area (Å²) in [4.78, 5) is 0. The highest BCUT2D eigenvalue weighted by Gasteiger charge is 2.14. The minimum atomic E-state index is 0.498. The fraction of sp³-hybridized carbons (Fsp3) is 0.588. The van der Waals surface area contributed by atoms with Crippen molar-refractivity contribution in [3.8, 4) is 11.5 Å². The van der Waals surface area contributed by atoms with E-state index in [4.69, 9.17) is 21.7 Å². The van der Waals surface area contributed by atoms with Crippen molar-refractivity contribution in [1.29, 1.82) is 0 Å². The molecule has 2 N–H and O–H groups in total. The minimum absolute atomic E-state index is 0.498. The van der Waals surface area contributed by atoms with E-state index in [1.165, 1.54) is 44.9 Å². The molecule has 0 spiro atoms. The second-order valence-electron chi connectivity index (χ2n) is 6.00. The average Bonchev–Trinajstić information content (AvgIpc) is 2.50. The van der Waals surface area contributed by atoms with Crippen LogP contribution in [0.4, 0.5) is 5.69 Å². The van der Waals surface area contributed by atoms with E-state index >= 15 is 0 Å². The summed E-state index contributed by atoms with van der Waals surface area (Å²) < 4.78 is 11.1. The maximum atomic E-state index is 5.60. The van der Waals surface area contributed by atoms with E-state index in [1.807, 2.05) is 18.2 Å². The molecule has 1 saturated carbocycles. The Morgan fingerprint density at radius 2 is 1.64 bits per heavy atom. The molecular formula is C17H24N2O2S. The lowest BCUT2D eigenvalue weighted by molar-refractivity contribution is 0.171. The quantitative estimate of drug-likeness (QED) is 0.810. The van der Waals surface area contributed by atoms with Crippen molar-refractivity contribution in [1.82, 2.24) is 5.32 Å². The molecule has 1 aliphatic carbocycles. The highest BCUT2D eigenvalue weighted by Crippen LogP contribution is 2.32. The van der Waals surface area contributed by atoms with Gasteiger partial charge in [0.2, 0.25) is 0 Å². The Kier molecular flexibility index (Phi) is 5.38. The molecule has 4 nitrogen and oxygen atoms in total. The van der Waals surface area contributed by atoms with Crippen LogP contribution in [0.2, 0.25) is 0 Å². The zero-order valence-electron chi connectivity index (χ0n) is 12.9. The van der Waals surface area contributed by atoms with Crippen LogP contribution >= 0.6 is 12.2 Å². The van der Waals surface area contributed by atoms with Crippen molar-refractivity contribution in [3.63, 3.8) is 0 Å². The molecule has 0 radical (unpaired) electrons. The molecule has 0 unspecified atom stereocenters. The first-order chi connectivity index (χ1) is 10.8. The lowest BCUT2D eigenvalue weighted by atomic mass is 9.97. The van der Waals surface area contributed by atoms with Gasteiger partial charge in [0.25, 0.3) is 0 Å². The van der Waals surface area contributed by atoms with E-state index in [2.05, 4.69) is 10.6 Å². The van der Waals surface area contributed by atoms with E-state index < -0.39 is 0 Å². The van der Waals surface area contributed by atoms with Gasteiger partial charge in [0.1, 0.15) is 13.2 Å². The first-order valence-electron chi connectivity index (χ1n) is 8.28. The molecule has 1 heterocycles. The van der Waals surface area contributed by atoms with E-state index in [0.717, 1.165) is 17.2 Å². The first-order valence-corrected chi connectivity index (χ1v) is 8.69. The van der Waals surface area contributed by atoms with Crippen LogP contribution in [0.25, 0.3) is 0 Å².